The third kappa shape index (κ3) is 1.59. The number of benzene rings is 1. The second kappa shape index (κ2) is 3.56. The van der Waals surface area contributed by atoms with Crippen LogP contribution in [0.2, 0.25) is 5.15 Å². The van der Waals surface area contributed by atoms with Crippen molar-refractivity contribution < 1.29 is 0 Å². The molecule has 0 saturated heterocycles. The van der Waals surface area contributed by atoms with Crippen molar-refractivity contribution in [3.05, 3.63) is 40.5 Å². The molecule has 0 atom stereocenters. The molecule has 0 radical (unpaired) electrons. The maximum atomic E-state index is 5.94. The lowest BCUT2D eigenvalue weighted by molar-refractivity contribution is 1.07. The van der Waals surface area contributed by atoms with Crippen molar-refractivity contribution in [2.45, 2.75) is 13.5 Å². The van der Waals surface area contributed by atoms with Gasteiger partial charge < -0.3 is 5.73 Å². The zero-order valence-corrected chi connectivity index (χ0v) is 8.67. The Morgan fingerprint density at radius 2 is 2.14 bits per heavy atom. The maximum Gasteiger partial charge on any atom is 0.132 e. The molecule has 0 aliphatic heterocycles. The minimum atomic E-state index is 0.531. The van der Waals surface area contributed by atoms with Crippen LogP contribution in [0.25, 0.3) is 10.9 Å². The summed E-state index contributed by atoms with van der Waals surface area (Å²) in [6.45, 7) is 2.48. The molecule has 1 heterocycles. The lowest BCUT2D eigenvalue weighted by Crippen LogP contribution is -1.96. The first-order valence-corrected chi connectivity index (χ1v) is 4.84. The van der Waals surface area contributed by atoms with Gasteiger partial charge in [-0.1, -0.05) is 23.7 Å². The molecule has 1 aromatic heterocycles. The number of fused-ring (bicyclic) bond motifs is 1. The standard InChI is InChI=1S/C11H11ClN2/c1-7-4-9-3-2-8(6-13)5-10(9)14-11(7)12/h2-5H,6,13H2,1H3. The number of aromatic nitrogens is 1. The highest BCUT2D eigenvalue weighted by Crippen LogP contribution is 2.20. The molecule has 0 amide bonds. The third-order valence-corrected chi connectivity index (χ3v) is 2.63. The van der Waals surface area contributed by atoms with Crippen molar-refractivity contribution >= 4 is 22.5 Å². The molecule has 1 aromatic carbocycles. The summed E-state index contributed by atoms with van der Waals surface area (Å²) in [6, 6.07) is 8.04. The molecule has 14 heavy (non-hydrogen) atoms. The molecule has 2 nitrogen and oxygen atoms in total. The van der Waals surface area contributed by atoms with E-state index in [1.807, 2.05) is 31.2 Å². The highest BCUT2D eigenvalue weighted by atomic mass is 35.5. The van der Waals surface area contributed by atoms with Crippen LogP contribution in [0.1, 0.15) is 11.1 Å². The van der Waals surface area contributed by atoms with E-state index in [0.29, 0.717) is 11.7 Å². The highest BCUT2D eigenvalue weighted by Gasteiger charge is 2.01. The summed E-state index contributed by atoms with van der Waals surface area (Å²) in [4.78, 5) is 4.29. The van der Waals surface area contributed by atoms with Crippen molar-refractivity contribution in [3.8, 4) is 0 Å². The normalized spacial score (nSPS) is 10.8. The monoisotopic (exact) mass is 206 g/mol. The van der Waals surface area contributed by atoms with Crippen LogP contribution in [0.4, 0.5) is 0 Å². The molecule has 0 aliphatic rings. The Balaban J connectivity index is 2.70. The largest absolute Gasteiger partial charge is 0.326 e. The second-order valence-electron chi connectivity index (χ2n) is 3.33. The van der Waals surface area contributed by atoms with Crippen LogP contribution in [0.5, 0.6) is 0 Å². The summed E-state index contributed by atoms with van der Waals surface area (Å²) in [6.07, 6.45) is 0. The molecule has 2 aromatic rings. The lowest BCUT2D eigenvalue weighted by atomic mass is 10.1. The molecule has 0 bridgehead atoms. The molecular weight excluding hydrogens is 196 g/mol. The van der Waals surface area contributed by atoms with Gasteiger partial charge in [0.25, 0.3) is 0 Å². The Hall–Kier alpha value is -1.12. The Morgan fingerprint density at radius 1 is 1.36 bits per heavy atom. The van der Waals surface area contributed by atoms with E-state index in [9.17, 15) is 0 Å². The topological polar surface area (TPSA) is 38.9 Å². The van der Waals surface area contributed by atoms with Crippen LogP contribution in [0.15, 0.2) is 24.3 Å². The van der Waals surface area contributed by atoms with Gasteiger partial charge in [-0.3, -0.25) is 0 Å². The highest BCUT2D eigenvalue weighted by molar-refractivity contribution is 6.30. The van der Waals surface area contributed by atoms with Gasteiger partial charge in [0.2, 0.25) is 0 Å². The molecule has 0 unspecified atom stereocenters. The minimum Gasteiger partial charge on any atom is -0.326 e. The van der Waals surface area contributed by atoms with E-state index in [1.54, 1.807) is 0 Å². The van der Waals surface area contributed by atoms with E-state index < -0.39 is 0 Å². The van der Waals surface area contributed by atoms with Gasteiger partial charge in [-0.05, 0) is 30.2 Å². The van der Waals surface area contributed by atoms with Crippen LogP contribution in [0.3, 0.4) is 0 Å². The zero-order valence-electron chi connectivity index (χ0n) is 7.92. The average molecular weight is 207 g/mol. The second-order valence-corrected chi connectivity index (χ2v) is 3.69. The van der Waals surface area contributed by atoms with Crippen molar-refractivity contribution in [2.24, 2.45) is 5.73 Å². The molecule has 0 spiro atoms. The first-order valence-electron chi connectivity index (χ1n) is 4.46. The number of hydrogen-bond acceptors (Lipinski definition) is 2. The predicted molar refractivity (Wildman–Crippen MR) is 59.4 cm³/mol. The van der Waals surface area contributed by atoms with Crippen molar-refractivity contribution in [1.82, 2.24) is 4.98 Å². The van der Waals surface area contributed by atoms with Gasteiger partial charge >= 0.3 is 0 Å². The number of halogens is 1. The smallest absolute Gasteiger partial charge is 0.132 e. The Labute approximate surface area is 87.7 Å². The molecule has 3 heteroatoms. The summed E-state index contributed by atoms with van der Waals surface area (Å²) in [5.74, 6) is 0. The number of pyridine rings is 1. The Kier molecular flexibility index (Phi) is 2.40. The van der Waals surface area contributed by atoms with Gasteiger partial charge in [0.1, 0.15) is 5.15 Å². The van der Waals surface area contributed by atoms with Gasteiger partial charge in [-0.25, -0.2) is 4.98 Å². The summed E-state index contributed by atoms with van der Waals surface area (Å²) in [5, 5.41) is 1.66. The number of aryl methyl sites for hydroxylation is 1. The van der Waals surface area contributed by atoms with Crippen molar-refractivity contribution in [2.75, 3.05) is 0 Å². The molecule has 2 N–H and O–H groups in total. The summed E-state index contributed by atoms with van der Waals surface area (Å²) < 4.78 is 0. The molecule has 0 fully saturated rings. The molecule has 2 rings (SSSR count). The maximum absolute atomic E-state index is 5.94. The fourth-order valence-corrected chi connectivity index (χ4v) is 1.57. The molecular formula is C11H11ClN2. The van der Waals surface area contributed by atoms with E-state index in [0.717, 1.165) is 22.0 Å². The molecule has 0 aliphatic carbocycles. The number of hydrogen-bond donors (Lipinski definition) is 1. The number of nitrogens with zero attached hydrogens (tertiary/aromatic N) is 1. The van der Waals surface area contributed by atoms with Gasteiger partial charge in [0.15, 0.2) is 0 Å². The third-order valence-electron chi connectivity index (χ3n) is 2.25. The number of nitrogens with two attached hydrogens (primary N) is 1. The fraction of sp³-hybridized carbons (Fsp3) is 0.182. The van der Waals surface area contributed by atoms with E-state index in [1.165, 1.54) is 0 Å². The van der Waals surface area contributed by atoms with E-state index in [-0.39, 0.29) is 0 Å². The summed E-state index contributed by atoms with van der Waals surface area (Å²) in [7, 11) is 0. The van der Waals surface area contributed by atoms with E-state index >= 15 is 0 Å². The van der Waals surface area contributed by atoms with Gasteiger partial charge in [0.05, 0.1) is 5.52 Å². The quantitative estimate of drug-likeness (QED) is 0.729. The summed E-state index contributed by atoms with van der Waals surface area (Å²) >= 11 is 5.94. The molecule has 0 saturated carbocycles. The SMILES string of the molecule is Cc1cc2ccc(CN)cc2nc1Cl. The van der Waals surface area contributed by atoms with Crippen molar-refractivity contribution in [1.29, 1.82) is 0 Å². The van der Waals surface area contributed by atoms with Crippen LogP contribution >= 0.6 is 11.6 Å². The first-order chi connectivity index (χ1) is 6.70. The van der Waals surface area contributed by atoms with Crippen LogP contribution in [-0.4, -0.2) is 4.98 Å². The van der Waals surface area contributed by atoms with Crippen LogP contribution < -0.4 is 5.73 Å². The average Bonchev–Trinajstić information content (AvgIpc) is 2.19. The predicted octanol–water partition coefficient (Wildman–Crippen LogP) is 2.66. The van der Waals surface area contributed by atoms with E-state index in [4.69, 9.17) is 17.3 Å². The fourth-order valence-electron chi connectivity index (χ4n) is 1.42. The van der Waals surface area contributed by atoms with Gasteiger partial charge in [0, 0.05) is 11.9 Å². The van der Waals surface area contributed by atoms with Gasteiger partial charge in [-0.15, -0.1) is 0 Å². The van der Waals surface area contributed by atoms with Crippen molar-refractivity contribution in [3.63, 3.8) is 0 Å². The van der Waals surface area contributed by atoms with E-state index in [2.05, 4.69) is 4.98 Å². The lowest BCUT2D eigenvalue weighted by Gasteiger charge is -2.03. The van der Waals surface area contributed by atoms with Gasteiger partial charge in [-0.2, -0.15) is 0 Å². The number of rotatable bonds is 1. The zero-order chi connectivity index (χ0) is 10.1. The van der Waals surface area contributed by atoms with Crippen LogP contribution in [-0.2, 0) is 6.54 Å². The Bertz CT molecular complexity index is 480. The molecule has 72 valence electrons. The Morgan fingerprint density at radius 3 is 2.86 bits per heavy atom. The summed E-state index contributed by atoms with van der Waals surface area (Å²) in [5.41, 5.74) is 8.53. The van der Waals surface area contributed by atoms with Crippen LogP contribution in [0, 0.1) is 6.92 Å². The first kappa shape index (κ1) is 9.44. The minimum absolute atomic E-state index is 0.531.